The molecule has 4 rings (SSSR count). The van der Waals surface area contributed by atoms with Crippen molar-refractivity contribution in [3.8, 4) is 0 Å². The molecule has 1 aliphatic carbocycles. The van der Waals surface area contributed by atoms with Gasteiger partial charge in [-0.1, -0.05) is 32.9 Å². The molecule has 4 heteroatoms. The summed E-state index contributed by atoms with van der Waals surface area (Å²) in [7, 11) is 0. The van der Waals surface area contributed by atoms with Crippen molar-refractivity contribution in [2.24, 2.45) is 5.41 Å². The lowest BCUT2D eigenvalue weighted by Gasteiger charge is -2.35. The minimum atomic E-state index is -0.0831. The molecule has 1 amide bonds. The van der Waals surface area contributed by atoms with E-state index >= 15 is 0 Å². The second-order valence-electron chi connectivity index (χ2n) is 9.62. The predicted octanol–water partition coefficient (Wildman–Crippen LogP) is 5.32. The van der Waals surface area contributed by atoms with Gasteiger partial charge in [-0.25, -0.2) is 4.98 Å². The number of amides is 1. The third kappa shape index (κ3) is 3.91. The van der Waals surface area contributed by atoms with E-state index in [4.69, 9.17) is 0 Å². The zero-order chi connectivity index (χ0) is 19.9. The van der Waals surface area contributed by atoms with Gasteiger partial charge < -0.3 is 10.2 Å². The van der Waals surface area contributed by atoms with Crippen LogP contribution in [0.2, 0.25) is 0 Å². The van der Waals surface area contributed by atoms with E-state index in [2.05, 4.69) is 49.0 Å². The van der Waals surface area contributed by atoms with Gasteiger partial charge in [-0.2, -0.15) is 0 Å². The van der Waals surface area contributed by atoms with E-state index in [0.29, 0.717) is 11.2 Å². The van der Waals surface area contributed by atoms with Gasteiger partial charge in [0, 0.05) is 29.9 Å². The fraction of sp³-hybridized carbons (Fsp3) is 0.500. The van der Waals surface area contributed by atoms with Gasteiger partial charge in [0.2, 0.25) is 0 Å². The van der Waals surface area contributed by atoms with Gasteiger partial charge in [0.1, 0.15) is 5.82 Å². The number of hydrogen-bond donors (Lipinski definition) is 1. The van der Waals surface area contributed by atoms with E-state index in [1.54, 1.807) is 0 Å². The first-order valence-corrected chi connectivity index (χ1v) is 10.4. The highest BCUT2D eigenvalue weighted by atomic mass is 16.1. The molecule has 1 aromatic carbocycles. The Morgan fingerprint density at radius 1 is 1.07 bits per heavy atom. The maximum atomic E-state index is 13.1. The van der Waals surface area contributed by atoms with Crippen LogP contribution in [0.3, 0.4) is 0 Å². The predicted molar refractivity (Wildman–Crippen MR) is 115 cm³/mol. The van der Waals surface area contributed by atoms with E-state index < -0.39 is 0 Å². The molecule has 4 nitrogen and oxygen atoms in total. The number of piperidine rings is 1. The molecule has 1 saturated carbocycles. The lowest BCUT2D eigenvalue weighted by Crippen LogP contribution is -2.35. The van der Waals surface area contributed by atoms with Crippen LogP contribution >= 0.6 is 0 Å². The highest BCUT2D eigenvalue weighted by Gasteiger charge is 2.44. The quantitative estimate of drug-likeness (QED) is 0.787. The van der Waals surface area contributed by atoms with E-state index in [1.807, 2.05) is 30.3 Å². The van der Waals surface area contributed by atoms with Crippen LogP contribution in [-0.4, -0.2) is 24.0 Å². The van der Waals surface area contributed by atoms with Crippen LogP contribution in [0.15, 0.2) is 36.4 Å². The van der Waals surface area contributed by atoms with Crippen LogP contribution in [0, 0.1) is 12.3 Å². The van der Waals surface area contributed by atoms with Crippen LogP contribution in [0.25, 0.3) is 0 Å². The summed E-state index contributed by atoms with van der Waals surface area (Å²) in [5, 5.41) is 3.02. The van der Waals surface area contributed by atoms with Crippen molar-refractivity contribution in [2.75, 3.05) is 23.3 Å². The summed E-state index contributed by atoms with van der Waals surface area (Å²) >= 11 is 0. The normalized spacial score (nSPS) is 18.2. The van der Waals surface area contributed by atoms with Gasteiger partial charge in [-0.3, -0.25) is 4.79 Å². The van der Waals surface area contributed by atoms with Gasteiger partial charge in [-0.15, -0.1) is 0 Å². The second-order valence-corrected chi connectivity index (χ2v) is 9.62. The maximum absolute atomic E-state index is 13.1. The van der Waals surface area contributed by atoms with Gasteiger partial charge in [0.15, 0.2) is 0 Å². The number of carbonyl (C=O) groups is 1. The van der Waals surface area contributed by atoms with Crippen molar-refractivity contribution in [1.29, 1.82) is 0 Å². The first-order valence-electron chi connectivity index (χ1n) is 10.4. The summed E-state index contributed by atoms with van der Waals surface area (Å²) < 4.78 is 0. The molecule has 0 atom stereocenters. The third-order valence-electron chi connectivity index (χ3n) is 6.28. The Bertz CT molecular complexity index is 883. The summed E-state index contributed by atoms with van der Waals surface area (Å²) in [5.74, 6) is 0.528. The lowest BCUT2D eigenvalue weighted by molar-refractivity contribution is 0.102. The van der Waals surface area contributed by atoms with Crippen LogP contribution in [0.5, 0.6) is 0 Å². The lowest BCUT2D eigenvalue weighted by atomic mass is 9.92. The monoisotopic (exact) mass is 377 g/mol. The zero-order valence-corrected chi connectivity index (χ0v) is 17.5. The minimum Gasteiger partial charge on any atom is -0.371 e. The highest BCUT2D eigenvalue weighted by Crippen LogP contribution is 2.54. The van der Waals surface area contributed by atoms with Crippen molar-refractivity contribution in [1.82, 2.24) is 4.98 Å². The van der Waals surface area contributed by atoms with Gasteiger partial charge in [-0.05, 0) is 67.9 Å². The molecule has 0 radical (unpaired) electrons. The molecule has 148 valence electrons. The number of nitrogens with zero attached hydrogens (tertiary/aromatic N) is 2. The largest absolute Gasteiger partial charge is 0.371 e. The number of aryl methyl sites for hydroxylation is 1. The molecule has 1 aliphatic heterocycles. The number of benzene rings is 1. The molecule has 1 N–H and O–H groups in total. The molecule has 1 saturated heterocycles. The summed E-state index contributed by atoms with van der Waals surface area (Å²) in [6.45, 7) is 10.6. The molecule has 1 spiro atoms. The van der Waals surface area contributed by atoms with Gasteiger partial charge in [0.05, 0.1) is 5.56 Å². The molecule has 0 bridgehead atoms. The second kappa shape index (κ2) is 6.91. The van der Waals surface area contributed by atoms with Crippen LogP contribution in [0.1, 0.15) is 68.1 Å². The SMILES string of the molecule is Cc1ccc(C(=O)Nc2cccc(C(C)(C)C)n2)c(N2CCC3(CC2)CC3)c1. The topological polar surface area (TPSA) is 45.2 Å². The Kier molecular flexibility index (Phi) is 4.68. The van der Waals surface area contributed by atoms with Crippen molar-refractivity contribution < 1.29 is 4.79 Å². The average molecular weight is 378 g/mol. The first kappa shape index (κ1) is 19.0. The van der Waals surface area contributed by atoms with Crippen LogP contribution < -0.4 is 10.2 Å². The number of hydrogen-bond acceptors (Lipinski definition) is 3. The van der Waals surface area contributed by atoms with E-state index in [0.717, 1.165) is 30.0 Å². The number of aromatic nitrogens is 1. The Balaban J connectivity index is 1.56. The third-order valence-corrected chi connectivity index (χ3v) is 6.28. The van der Waals surface area contributed by atoms with Gasteiger partial charge in [0.25, 0.3) is 5.91 Å². The zero-order valence-electron chi connectivity index (χ0n) is 17.5. The van der Waals surface area contributed by atoms with E-state index in [-0.39, 0.29) is 11.3 Å². The fourth-order valence-electron chi connectivity index (χ4n) is 4.10. The van der Waals surface area contributed by atoms with E-state index in [1.165, 1.54) is 31.2 Å². The van der Waals surface area contributed by atoms with Crippen molar-refractivity contribution in [3.05, 3.63) is 53.2 Å². The molecular weight excluding hydrogens is 346 g/mol. The molecule has 0 unspecified atom stereocenters. The molecule has 2 aromatic rings. The van der Waals surface area contributed by atoms with Crippen molar-refractivity contribution in [2.45, 2.75) is 58.8 Å². The Hall–Kier alpha value is -2.36. The Morgan fingerprint density at radius 3 is 2.43 bits per heavy atom. The molecule has 2 fully saturated rings. The fourth-order valence-corrected chi connectivity index (χ4v) is 4.10. The minimum absolute atomic E-state index is 0.0532. The molecule has 28 heavy (non-hydrogen) atoms. The van der Waals surface area contributed by atoms with E-state index in [9.17, 15) is 4.79 Å². The Labute approximate surface area is 168 Å². The molecule has 2 heterocycles. The highest BCUT2D eigenvalue weighted by molar-refractivity contribution is 6.07. The van der Waals surface area contributed by atoms with Crippen molar-refractivity contribution in [3.63, 3.8) is 0 Å². The summed E-state index contributed by atoms with van der Waals surface area (Å²) in [4.78, 5) is 20.2. The smallest absolute Gasteiger partial charge is 0.258 e. The molecule has 2 aliphatic rings. The number of carbonyl (C=O) groups excluding carboxylic acids is 1. The first-order chi connectivity index (χ1) is 13.3. The number of nitrogens with one attached hydrogen (secondary N) is 1. The standard InChI is InChI=1S/C24H31N3O/c1-17-8-9-18(19(16-17)27-14-12-24(10-11-24)13-15-27)22(28)26-21-7-5-6-20(25-21)23(2,3)4/h5-9,16H,10-15H2,1-4H3,(H,25,26,28). The number of anilines is 2. The summed E-state index contributed by atoms with van der Waals surface area (Å²) in [6.07, 6.45) is 5.27. The average Bonchev–Trinajstić information content (AvgIpc) is 3.40. The molecule has 1 aromatic heterocycles. The van der Waals surface area contributed by atoms with Crippen molar-refractivity contribution >= 4 is 17.4 Å². The maximum Gasteiger partial charge on any atom is 0.258 e. The number of rotatable bonds is 3. The van der Waals surface area contributed by atoms with Crippen LogP contribution in [0.4, 0.5) is 11.5 Å². The summed E-state index contributed by atoms with van der Waals surface area (Å²) in [6, 6.07) is 11.9. The van der Waals surface area contributed by atoms with Crippen LogP contribution in [-0.2, 0) is 5.41 Å². The Morgan fingerprint density at radius 2 is 1.79 bits per heavy atom. The summed E-state index contributed by atoms with van der Waals surface area (Å²) in [5.41, 5.74) is 4.52. The van der Waals surface area contributed by atoms with Gasteiger partial charge >= 0.3 is 0 Å². The number of pyridine rings is 1. The molecular formula is C24H31N3O.